The van der Waals surface area contributed by atoms with Crippen molar-refractivity contribution in [2.75, 3.05) is 13.7 Å². The van der Waals surface area contributed by atoms with Crippen LogP contribution in [-0.2, 0) is 14.3 Å². The number of alkyl carbamates (subject to hydrolysis) is 1. The molecule has 1 N–H and O–H groups in total. The normalized spacial score (nSPS) is 13.6. The van der Waals surface area contributed by atoms with Crippen LogP contribution < -0.4 is 5.32 Å². The topological polar surface area (TPSA) is 64.6 Å². The summed E-state index contributed by atoms with van der Waals surface area (Å²) >= 11 is 0. The molecule has 17 heavy (non-hydrogen) atoms. The molecule has 0 aliphatic carbocycles. The molecule has 0 heterocycles. The average molecular weight is 245 g/mol. The summed E-state index contributed by atoms with van der Waals surface area (Å²) in [5, 5.41) is 2.51. The molecule has 5 nitrogen and oxygen atoms in total. The van der Waals surface area contributed by atoms with Crippen LogP contribution in [0.4, 0.5) is 4.79 Å². The molecular weight excluding hydrogens is 222 g/mol. The van der Waals surface area contributed by atoms with Crippen LogP contribution in [-0.4, -0.2) is 31.8 Å². The lowest BCUT2D eigenvalue weighted by molar-refractivity contribution is -0.147. The highest BCUT2D eigenvalue weighted by Crippen LogP contribution is 2.10. The largest absolute Gasteiger partial charge is 0.464 e. The average Bonchev–Trinajstić information content (AvgIpc) is 2.34. The minimum atomic E-state index is -0.635. The molecule has 0 spiro atoms. The van der Waals surface area contributed by atoms with E-state index in [1.165, 1.54) is 7.11 Å². The second-order valence-corrected chi connectivity index (χ2v) is 4.02. The molecular formula is C12H23NO4. The second-order valence-electron chi connectivity index (χ2n) is 4.02. The van der Waals surface area contributed by atoms with Crippen molar-refractivity contribution in [3.63, 3.8) is 0 Å². The van der Waals surface area contributed by atoms with Gasteiger partial charge in [0.25, 0.3) is 0 Å². The van der Waals surface area contributed by atoms with E-state index < -0.39 is 18.1 Å². The Hall–Kier alpha value is -1.26. The van der Waals surface area contributed by atoms with E-state index in [4.69, 9.17) is 4.74 Å². The highest BCUT2D eigenvalue weighted by Gasteiger charge is 2.27. The van der Waals surface area contributed by atoms with Gasteiger partial charge < -0.3 is 14.8 Å². The fourth-order valence-corrected chi connectivity index (χ4v) is 1.26. The van der Waals surface area contributed by atoms with Gasteiger partial charge in [-0.05, 0) is 12.3 Å². The summed E-state index contributed by atoms with van der Waals surface area (Å²) in [6, 6.07) is -0.635. The van der Waals surface area contributed by atoms with Crippen molar-refractivity contribution in [2.24, 2.45) is 5.92 Å². The number of nitrogens with one attached hydrogen (secondary N) is 1. The SMILES string of the molecule is CCCCOC(=O)[C@@H](NC(=O)OC)C(C)CC. The smallest absolute Gasteiger partial charge is 0.407 e. The molecule has 0 aromatic carbocycles. The molecule has 0 radical (unpaired) electrons. The minimum absolute atomic E-state index is 0.0169. The first-order valence-corrected chi connectivity index (χ1v) is 6.07. The van der Waals surface area contributed by atoms with E-state index in [0.29, 0.717) is 6.61 Å². The fourth-order valence-electron chi connectivity index (χ4n) is 1.26. The van der Waals surface area contributed by atoms with Crippen molar-refractivity contribution in [1.29, 1.82) is 0 Å². The Morgan fingerprint density at radius 1 is 1.29 bits per heavy atom. The Morgan fingerprint density at radius 2 is 1.94 bits per heavy atom. The molecule has 0 bridgehead atoms. The zero-order valence-electron chi connectivity index (χ0n) is 11.1. The number of hydrogen-bond donors (Lipinski definition) is 1. The summed E-state index contributed by atoms with van der Waals surface area (Å²) in [7, 11) is 1.27. The number of methoxy groups -OCH3 is 1. The van der Waals surface area contributed by atoms with Gasteiger partial charge in [-0.3, -0.25) is 0 Å². The number of esters is 1. The van der Waals surface area contributed by atoms with Gasteiger partial charge in [0.1, 0.15) is 6.04 Å². The van der Waals surface area contributed by atoms with Gasteiger partial charge in [0.2, 0.25) is 0 Å². The molecule has 0 aromatic heterocycles. The standard InChI is InChI=1S/C12H23NO4/c1-5-7-8-17-11(14)10(9(3)6-2)13-12(15)16-4/h9-10H,5-8H2,1-4H3,(H,13,15)/t9?,10-/m0/s1. The van der Waals surface area contributed by atoms with Crippen LogP contribution in [0, 0.1) is 5.92 Å². The van der Waals surface area contributed by atoms with E-state index >= 15 is 0 Å². The lowest BCUT2D eigenvalue weighted by Gasteiger charge is -2.21. The van der Waals surface area contributed by atoms with E-state index in [1.807, 2.05) is 20.8 Å². The van der Waals surface area contributed by atoms with Gasteiger partial charge in [0, 0.05) is 0 Å². The van der Waals surface area contributed by atoms with Crippen molar-refractivity contribution in [3.8, 4) is 0 Å². The van der Waals surface area contributed by atoms with Crippen molar-refractivity contribution in [3.05, 3.63) is 0 Å². The van der Waals surface area contributed by atoms with Crippen LogP contribution in [0.25, 0.3) is 0 Å². The van der Waals surface area contributed by atoms with Gasteiger partial charge in [-0.15, -0.1) is 0 Å². The first-order chi connectivity index (χ1) is 8.06. The highest BCUT2D eigenvalue weighted by molar-refractivity contribution is 5.81. The van der Waals surface area contributed by atoms with Gasteiger partial charge in [0.15, 0.2) is 0 Å². The highest BCUT2D eigenvalue weighted by atomic mass is 16.5. The summed E-state index contributed by atoms with van der Waals surface area (Å²) in [5.74, 6) is -0.374. The fraction of sp³-hybridized carbons (Fsp3) is 0.833. The summed E-state index contributed by atoms with van der Waals surface area (Å²) in [4.78, 5) is 22.9. The quantitative estimate of drug-likeness (QED) is 0.551. The van der Waals surface area contributed by atoms with Crippen molar-refractivity contribution >= 4 is 12.1 Å². The number of amides is 1. The Morgan fingerprint density at radius 3 is 2.41 bits per heavy atom. The molecule has 0 aliphatic rings. The number of unbranched alkanes of at least 4 members (excludes halogenated alkanes) is 1. The Balaban J connectivity index is 4.35. The third kappa shape index (κ3) is 6.14. The van der Waals surface area contributed by atoms with Crippen molar-refractivity contribution in [1.82, 2.24) is 5.32 Å². The Bertz CT molecular complexity index is 243. The van der Waals surface area contributed by atoms with Crippen molar-refractivity contribution in [2.45, 2.75) is 46.1 Å². The Labute approximate surface area is 103 Å². The Kier molecular flexibility index (Phi) is 8.19. The second kappa shape index (κ2) is 8.84. The van der Waals surface area contributed by atoms with Gasteiger partial charge in [0.05, 0.1) is 13.7 Å². The van der Waals surface area contributed by atoms with Gasteiger partial charge in [-0.2, -0.15) is 0 Å². The van der Waals surface area contributed by atoms with E-state index in [0.717, 1.165) is 19.3 Å². The van der Waals surface area contributed by atoms with Gasteiger partial charge in [-0.1, -0.05) is 33.6 Å². The number of ether oxygens (including phenoxy) is 2. The van der Waals surface area contributed by atoms with E-state index in [1.54, 1.807) is 0 Å². The predicted molar refractivity (Wildman–Crippen MR) is 64.7 cm³/mol. The number of hydrogen-bond acceptors (Lipinski definition) is 4. The number of rotatable bonds is 7. The lowest BCUT2D eigenvalue weighted by atomic mass is 9.99. The van der Waals surface area contributed by atoms with Crippen LogP contribution in [0.1, 0.15) is 40.0 Å². The van der Waals surface area contributed by atoms with Crippen LogP contribution in [0.15, 0.2) is 0 Å². The molecule has 0 saturated carbocycles. The minimum Gasteiger partial charge on any atom is -0.464 e. The summed E-state index contributed by atoms with van der Waals surface area (Å²) in [6.45, 7) is 6.26. The maximum Gasteiger partial charge on any atom is 0.407 e. The van der Waals surface area contributed by atoms with E-state index in [9.17, 15) is 9.59 Å². The predicted octanol–water partition coefficient (Wildman–Crippen LogP) is 2.10. The molecule has 0 fully saturated rings. The maximum atomic E-state index is 11.8. The molecule has 0 aromatic rings. The van der Waals surface area contributed by atoms with Crippen LogP contribution in [0.3, 0.4) is 0 Å². The zero-order chi connectivity index (χ0) is 13.3. The first-order valence-electron chi connectivity index (χ1n) is 6.07. The summed E-state index contributed by atoms with van der Waals surface area (Å²) < 4.78 is 9.60. The molecule has 1 unspecified atom stereocenters. The van der Waals surface area contributed by atoms with Crippen LogP contribution in [0.2, 0.25) is 0 Å². The molecule has 0 saturated heterocycles. The van der Waals surface area contributed by atoms with Gasteiger partial charge >= 0.3 is 12.1 Å². The van der Waals surface area contributed by atoms with E-state index in [-0.39, 0.29) is 5.92 Å². The third-order valence-electron chi connectivity index (χ3n) is 2.67. The molecule has 2 atom stereocenters. The lowest BCUT2D eigenvalue weighted by Crippen LogP contribution is -2.46. The monoisotopic (exact) mass is 245 g/mol. The van der Waals surface area contributed by atoms with Gasteiger partial charge in [-0.25, -0.2) is 9.59 Å². The maximum absolute atomic E-state index is 11.8. The molecule has 0 aliphatic heterocycles. The van der Waals surface area contributed by atoms with E-state index in [2.05, 4.69) is 10.1 Å². The molecule has 0 rings (SSSR count). The molecule has 5 heteroatoms. The van der Waals surface area contributed by atoms with Crippen molar-refractivity contribution < 1.29 is 19.1 Å². The zero-order valence-corrected chi connectivity index (χ0v) is 11.1. The number of carbonyl (C=O) groups excluding carboxylic acids is 2. The summed E-state index contributed by atoms with van der Waals surface area (Å²) in [6.07, 6.45) is 1.96. The van der Waals surface area contributed by atoms with Crippen LogP contribution >= 0.6 is 0 Å². The van der Waals surface area contributed by atoms with Crippen LogP contribution in [0.5, 0.6) is 0 Å². The summed E-state index contributed by atoms with van der Waals surface area (Å²) in [5.41, 5.74) is 0. The number of carbonyl (C=O) groups is 2. The third-order valence-corrected chi connectivity index (χ3v) is 2.67. The first kappa shape index (κ1) is 15.7. The molecule has 100 valence electrons. The molecule has 1 amide bonds.